The van der Waals surface area contributed by atoms with Crippen molar-refractivity contribution in [2.45, 2.75) is 51.4 Å². The van der Waals surface area contributed by atoms with Crippen LogP contribution in [-0.4, -0.2) is 17.6 Å². The van der Waals surface area contributed by atoms with E-state index in [4.69, 9.17) is 5.73 Å². The minimum atomic E-state index is -0.955. The van der Waals surface area contributed by atoms with Crippen LogP contribution in [0.25, 0.3) is 0 Å². The van der Waals surface area contributed by atoms with Gasteiger partial charge in [-0.05, 0) is 17.9 Å². The number of carboxylic acids is 1. The number of rotatable bonds is 9. The van der Waals surface area contributed by atoms with Crippen LogP contribution in [0.1, 0.15) is 51.5 Å². The second kappa shape index (κ2) is 8.05. The summed E-state index contributed by atoms with van der Waals surface area (Å²) in [5, 5.41) is 9.86. The molecule has 1 rings (SSSR count). The van der Waals surface area contributed by atoms with Gasteiger partial charge < -0.3 is 10.8 Å². The maximum absolute atomic E-state index is 12.0. The lowest BCUT2D eigenvalue weighted by atomic mass is 9.67. The molecule has 1 aromatic rings. The maximum atomic E-state index is 12.0. The molecular weight excluding hydrogens is 250 g/mol. The van der Waals surface area contributed by atoms with E-state index in [1.165, 1.54) is 0 Å². The Hall–Kier alpha value is -1.35. The highest BCUT2D eigenvalue weighted by atomic mass is 16.4. The molecule has 0 amide bonds. The van der Waals surface area contributed by atoms with E-state index in [1.54, 1.807) is 0 Å². The number of carboxylic acid groups (broad SMARTS) is 1. The fourth-order valence-electron chi connectivity index (χ4n) is 3.08. The summed E-state index contributed by atoms with van der Waals surface area (Å²) in [5.74, 6) is -0.714. The van der Waals surface area contributed by atoms with Crippen molar-refractivity contribution >= 4 is 5.97 Å². The summed E-state index contributed by atoms with van der Waals surface area (Å²) in [5.41, 5.74) is 5.82. The minimum absolute atomic E-state index is 0.0824. The smallest absolute Gasteiger partial charge is 0.315 e. The van der Waals surface area contributed by atoms with Crippen LogP contribution in [0.5, 0.6) is 0 Å². The molecule has 2 unspecified atom stereocenters. The molecule has 0 saturated heterocycles. The highest BCUT2D eigenvalue weighted by molar-refractivity contribution is 5.82. The zero-order valence-corrected chi connectivity index (χ0v) is 12.6. The molecule has 112 valence electrons. The molecule has 0 aliphatic carbocycles. The predicted octanol–water partition coefficient (Wildman–Crippen LogP) is 3.57. The predicted molar refractivity (Wildman–Crippen MR) is 82.7 cm³/mol. The first-order valence-electron chi connectivity index (χ1n) is 7.62. The van der Waals surface area contributed by atoms with Gasteiger partial charge in [0.25, 0.3) is 0 Å². The van der Waals surface area contributed by atoms with E-state index in [0.29, 0.717) is 0 Å². The van der Waals surface area contributed by atoms with Gasteiger partial charge >= 0.3 is 5.97 Å². The average Bonchev–Trinajstić information content (AvgIpc) is 2.47. The molecule has 3 heteroatoms. The van der Waals surface area contributed by atoms with E-state index in [0.717, 1.165) is 37.7 Å². The van der Waals surface area contributed by atoms with Gasteiger partial charge in [-0.1, -0.05) is 69.9 Å². The summed E-state index contributed by atoms with van der Waals surface area (Å²) in [6, 6.07) is 9.47. The number of nitrogens with two attached hydrogens (primary N) is 1. The van der Waals surface area contributed by atoms with Gasteiger partial charge in [0.2, 0.25) is 0 Å². The lowest BCUT2D eigenvalue weighted by Gasteiger charge is -2.36. The topological polar surface area (TPSA) is 63.3 Å². The van der Waals surface area contributed by atoms with Crippen molar-refractivity contribution in [2.24, 2.45) is 11.7 Å². The van der Waals surface area contributed by atoms with Gasteiger partial charge in [0.15, 0.2) is 0 Å². The van der Waals surface area contributed by atoms with E-state index in [-0.39, 0.29) is 12.5 Å². The van der Waals surface area contributed by atoms with Crippen molar-refractivity contribution in [1.29, 1.82) is 0 Å². The highest BCUT2D eigenvalue weighted by Gasteiger charge is 2.45. The van der Waals surface area contributed by atoms with E-state index < -0.39 is 11.4 Å². The molecule has 0 bridgehead atoms. The van der Waals surface area contributed by atoms with Crippen molar-refractivity contribution in [3.8, 4) is 0 Å². The number of benzene rings is 1. The van der Waals surface area contributed by atoms with Crippen LogP contribution in [0.15, 0.2) is 30.3 Å². The summed E-state index contributed by atoms with van der Waals surface area (Å²) in [6.07, 6.45) is 5.11. The summed E-state index contributed by atoms with van der Waals surface area (Å²) in [6.45, 7) is 4.37. The Morgan fingerprint density at radius 2 is 1.90 bits per heavy atom. The summed E-state index contributed by atoms with van der Waals surface area (Å²) in [7, 11) is 0. The van der Waals surface area contributed by atoms with E-state index in [9.17, 15) is 9.90 Å². The SMILES string of the molecule is CCCCCC(CC)C(CN)(C(=O)O)c1ccccc1. The zero-order chi connectivity index (χ0) is 15.0. The molecule has 0 fully saturated rings. The summed E-state index contributed by atoms with van der Waals surface area (Å²) < 4.78 is 0. The minimum Gasteiger partial charge on any atom is -0.481 e. The molecule has 3 N–H and O–H groups in total. The molecular formula is C17H27NO2. The number of carbonyl (C=O) groups is 1. The van der Waals surface area contributed by atoms with Gasteiger partial charge in [-0.15, -0.1) is 0 Å². The third-order valence-corrected chi connectivity index (χ3v) is 4.34. The molecule has 1 aromatic carbocycles. The van der Waals surface area contributed by atoms with Gasteiger partial charge in [0.05, 0.1) is 0 Å². The maximum Gasteiger partial charge on any atom is 0.315 e. The largest absolute Gasteiger partial charge is 0.481 e. The summed E-state index contributed by atoms with van der Waals surface area (Å²) in [4.78, 5) is 12.0. The van der Waals surface area contributed by atoms with Crippen LogP contribution in [0.4, 0.5) is 0 Å². The Kier molecular flexibility index (Phi) is 6.73. The Balaban J connectivity index is 3.12. The zero-order valence-electron chi connectivity index (χ0n) is 12.6. The van der Waals surface area contributed by atoms with E-state index in [2.05, 4.69) is 13.8 Å². The lowest BCUT2D eigenvalue weighted by Crippen LogP contribution is -2.49. The number of unbranched alkanes of at least 4 members (excludes halogenated alkanes) is 2. The Morgan fingerprint density at radius 1 is 1.25 bits per heavy atom. The van der Waals surface area contributed by atoms with E-state index in [1.807, 2.05) is 30.3 Å². The van der Waals surface area contributed by atoms with Crippen LogP contribution in [0.2, 0.25) is 0 Å². The average molecular weight is 277 g/mol. The molecule has 0 aliphatic rings. The van der Waals surface area contributed by atoms with Crippen molar-refractivity contribution < 1.29 is 9.90 Å². The third kappa shape index (κ3) is 3.40. The van der Waals surface area contributed by atoms with Crippen LogP contribution < -0.4 is 5.73 Å². The molecule has 0 spiro atoms. The third-order valence-electron chi connectivity index (χ3n) is 4.34. The number of aliphatic carboxylic acids is 1. The molecule has 0 aromatic heterocycles. The second-order valence-corrected chi connectivity index (χ2v) is 5.45. The van der Waals surface area contributed by atoms with Gasteiger partial charge in [-0.25, -0.2) is 0 Å². The van der Waals surface area contributed by atoms with Crippen LogP contribution in [-0.2, 0) is 10.2 Å². The van der Waals surface area contributed by atoms with E-state index >= 15 is 0 Å². The second-order valence-electron chi connectivity index (χ2n) is 5.45. The van der Waals surface area contributed by atoms with Gasteiger partial charge in [0.1, 0.15) is 5.41 Å². The quantitative estimate of drug-likeness (QED) is 0.678. The number of hydrogen-bond donors (Lipinski definition) is 2. The molecule has 3 nitrogen and oxygen atoms in total. The Labute approximate surface area is 122 Å². The molecule has 2 atom stereocenters. The normalized spacial score (nSPS) is 15.6. The van der Waals surface area contributed by atoms with Crippen LogP contribution in [0, 0.1) is 5.92 Å². The fourth-order valence-corrected chi connectivity index (χ4v) is 3.08. The fraction of sp³-hybridized carbons (Fsp3) is 0.588. The molecule has 0 heterocycles. The van der Waals surface area contributed by atoms with Gasteiger partial charge in [0, 0.05) is 6.54 Å². The van der Waals surface area contributed by atoms with Crippen LogP contribution >= 0.6 is 0 Å². The van der Waals surface area contributed by atoms with Gasteiger partial charge in [-0.3, -0.25) is 4.79 Å². The Morgan fingerprint density at radius 3 is 2.35 bits per heavy atom. The molecule has 0 aliphatic heterocycles. The van der Waals surface area contributed by atoms with Crippen molar-refractivity contribution in [3.63, 3.8) is 0 Å². The monoisotopic (exact) mass is 277 g/mol. The lowest BCUT2D eigenvalue weighted by molar-refractivity contribution is -0.146. The number of hydrogen-bond acceptors (Lipinski definition) is 2. The van der Waals surface area contributed by atoms with Crippen molar-refractivity contribution in [1.82, 2.24) is 0 Å². The molecule has 0 saturated carbocycles. The first-order chi connectivity index (χ1) is 9.63. The Bertz CT molecular complexity index is 405. The van der Waals surface area contributed by atoms with Crippen molar-refractivity contribution in [2.75, 3.05) is 6.54 Å². The first kappa shape index (κ1) is 16.7. The van der Waals surface area contributed by atoms with Gasteiger partial charge in [-0.2, -0.15) is 0 Å². The molecule has 20 heavy (non-hydrogen) atoms. The highest BCUT2D eigenvalue weighted by Crippen LogP contribution is 2.37. The summed E-state index contributed by atoms with van der Waals surface area (Å²) >= 11 is 0. The first-order valence-corrected chi connectivity index (χ1v) is 7.62. The molecule has 0 radical (unpaired) electrons. The standard InChI is InChI=1S/C17H27NO2/c1-3-5-7-10-14(4-2)17(13-18,16(19)20)15-11-8-6-9-12-15/h6,8-9,11-12,14H,3-5,7,10,13,18H2,1-2H3,(H,19,20). The van der Waals surface area contributed by atoms with Crippen molar-refractivity contribution in [3.05, 3.63) is 35.9 Å². The van der Waals surface area contributed by atoms with Crippen LogP contribution in [0.3, 0.4) is 0 Å².